The highest BCUT2D eigenvalue weighted by Gasteiger charge is 2.55. The summed E-state index contributed by atoms with van der Waals surface area (Å²) < 4.78 is 51.5. The molecule has 2 aromatic carbocycles. The quantitative estimate of drug-likeness (QED) is 0.498. The molecular weight excluding hydrogens is 448 g/mol. The summed E-state index contributed by atoms with van der Waals surface area (Å²) in [5.41, 5.74) is -0.378. The van der Waals surface area contributed by atoms with E-state index in [1.54, 1.807) is 0 Å². The van der Waals surface area contributed by atoms with Gasteiger partial charge in [-0.2, -0.15) is 13.2 Å². The van der Waals surface area contributed by atoms with Crippen LogP contribution in [0, 0.1) is 11.2 Å². The first-order valence-electron chi connectivity index (χ1n) is 10.3. The first-order valence-corrected chi connectivity index (χ1v) is 10.6. The van der Waals surface area contributed by atoms with Gasteiger partial charge in [-0.15, -0.1) is 0 Å². The van der Waals surface area contributed by atoms with E-state index in [4.69, 9.17) is 11.6 Å². The number of ketones is 1. The van der Waals surface area contributed by atoms with E-state index < -0.39 is 17.6 Å². The second kappa shape index (κ2) is 8.48. The molecule has 4 rings (SSSR count). The fourth-order valence-corrected chi connectivity index (χ4v) is 4.55. The van der Waals surface area contributed by atoms with Gasteiger partial charge in [0.25, 0.3) is 5.91 Å². The molecule has 1 heterocycles. The van der Waals surface area contributed by atoms with Gasteiger partial charge in [0.2, 0.25) is 0 Å². The van der Waals surface area contributed by atoms with Crippen molar-refractivity contribution in [2.45, 2.75) is 31.5 Å². The maximum atomic E-state index is 13.5. The van der Waals surface area contributed by atoms with Gasteiger partial charge in [-0.3, -0.25) is 14.5 Å². The molecule has 4 nitrogen and oxygen atoms in total. The van der Waals surface area contributed by atoms with Crippen LogP contribution in [0.4, 0.5) is 17.6 Å². The third-order valence-electron chi connectivity index (χ3n) is 6.37. The predicted molar refractivity (Wildman–Crippen MR) is 111 cm³/mol. The zero-order valence-electron chi connectivity index (χ0n) is 17.0. The topological polar surface area (TPSA) is 49.4 Å². The second-order valence-corrected chi connectivity index (χ2v) is 8.96. The van der Waals surface area contributed by atoms with E-state index in [2.05, 4.69) is 5.32 Å². The van der Waals surface area contributed by atoms with E-state index in [1.807, 2.05) is 4.90 Å². The lowest BCUT2D eigenvalue weighted by molar-refractivity contribution is -0.137. The number of piperidine rings is 1. The van der Waals surface area contributed by atoms with Crippen molar-refractivity contribution in [1.82, 2.24) is 10.2 Å². The SMILES string of the molecule is O=C(CN1CCC2(CC1)C[C@H]2NC(=O)c1cc(F)cc(Cl)c1)c1ccc(C(F)(F)F)cc1. The lowest BCUT2D eigenvalue weighted by atomic mass is 9.92. The van der Waals surface area contributed by atoms with Gasteiger partial charge in [0.15, 0.2) is 5.78 Å². The Bertz CT molecular complexity index is 1010. The van der Waals surface area contributed by atoms with Crippen molar-refractivity contribution in [3.63, 3.8) is 0 Å². The van der Waals surface area contributed by atoms with Crippen LogP contribution in [-0.4, -0.2) is 42.3 Å². The smallest absolute Gasteiger partial charge is 0.349 e. The summed E-state index contributed by atoms with van der Waals surface area (Å²) in [6, 6.07) is 7.95. The molecule has 9 heteroatoms. The number of carbonyl (C=O) groups excluding carboxylic acids is 2. The number of Topliss-reactive ketones (excluding diaryl/α,β-unsaturated/α-hetero) is 1. The maximum absolute atomic E-state index is 13.5. The lowest BCUT2D eigenvalue weighted by Crippen LogP contribution is -2.41. The second-order valence-electron chi connectivity index (χ2n) is 8.53. The van der Waals surface area contributed by atoms with Crippen LogP contribution in [0.25, 0.3) is 0 Å². The van der Waals surface area contributed by atoms with Gasteiger partial charge < -0.3 is 5.32 Å². The summed E-state index contributed by atoms with van der Waals surface area (Å²) >= 11 is 5.81. The molecule has 2 aromatic rings. The van der Waals surface area contributed by atoms with Gasteiger partial charge in [0.1, 0.15) is 5.82 Å². The van der Waals surface area contributed by atoms with Crippen LogP contribution in [0.1, 0.15) is 45.5 Å². The van der Waals surface area contributed by atoms with E-state index in [1.165, 1.54) is 18.2 Å². The Kier molecular flexibility index (Phi) is 6.02. The van der Waals surface area contributed by atoms with Gasteiger partial charge in [-0.05, 0) is 68.1 Å². The number of alkyl halides is 3. The normalized spacial score (nSPS) is 20.2. The zero-order chi connectivity index (χ0) is 23.1. The number of amides is 1. The maximum Gasteiger partial charge on any atom is 0.416 e. The molecule has 1 aliphatic carbocycles. The first-order chi connectivity index (χ1) is 15.1. The number of hydrogen-bond acceptors (Lipinski definition) is 3. The fraction of sp³-hybridized carbons (Fsp3) is 0.391. The molecule has 0 radical (unpaired) electrons. The van der Waals surface area contributed by atoms with Crippen molar-refractivity contribution < 1.29 is 27.2 Å². The van der Waals surface area contributed by atoms with E-state index in [0.29, 0.717) is 13.1 Å². The van der Waals surface area contributed by atoms with E-state index in [9.17, 15) is 27.2 Å². The van der Waals surface area contributed by atoms with Crippen molar-refractivity contribution in [2.75, 3.05) is 19.6 Å². The summed E-state index contributed by atoms with van der Waals surface area (Å²) in [4.78, 5) is 26.8. The van der Waals surface area contributed by atoms with Crippen molar-refractivity contribution in [3.05, 3.63) is 70.0 Å². The van der Waals surface area contributed by atoms with Gasteiger partial charge >= 0.3 is 6.18 Å². The van der Waals surface area contributed by atoms with Crippen molar-refractivity contribution in [2.24, 2.45) is 5.41 Å². The molecule has 1 amide bonds. The average molecular weight is 469 g/mol. The van der Waals surface area contributed by atoms with Crippen LogP contribution < -0.4 is 5.32 Å². The van der Waals surface area contributed by atoms with Gasteiger partial charge in [-0.1, -0.05) is 23.7 Å². The highest BCUT2D eigenvalue weighted by atomic mass is 35.5. The van der Waals surface area contributed by atoms with E-state index in [0.717, 1.165) is 43.5 Å². The van der Waals surface area contributed by atoms with Gasteiger partial charge in [0.05, 0.1) is 12.1 Å². The van der Waals surface area contributed by atoms with E-state index in [-0.39, 0.29) is 45.8 Å². The molecule has 170 valence electrons. The summed E-state index contributed by atoms with van der Waals surface area (Å²) in [7, 11) is 0. The Morgan fingerprint density at radius 1 is 1.06 bits per heavy atom. The molecule has 1 saturated carbocycles. The van der Waals surface area contributed by atoms with Crippen LogP contribution in [0.15, 0.2) is 42.5 Å². The summed E-state index contributed by atoms with van der Waals surface area (Å²) in [6.45, 7) is 1.45. The third-order valence-corrected chi connectivity index (χ3v) is 6.59. The molecule has 0 unspecified atom stereocenters. The Morgan fingerprint density at radius 2 is 1.72 bits per heavy atom. The number of benzene rings is 2. The van der Waals surface area contributed by atoms with Crippen LogP contribution in [0.5, 0.6) is 0 Å². The Balaban J connectivity index is 1.27. The number of likely N-dealkylation sites (tertiary alicyclic amines) is 1. The molecular formula is C23H21ClF4N2O2. The van der Waals surface area contributed by atoms with Crippen LogP contribution in [-0.2, 0) is 6.18 Å². The molecule has 0 aromatic heterocycles. The summed E-state index contributed by atoms with van der Waals surface area (Å²) in [6.07, 6.45) is -2.02. The highest BCUT2D eigenvalue weighted by molar-refractivity contribution is 6.31. The van der Waals surface area contributed by atoms with Crippen molar-refractivity contribution >= 4 is 23.3 Å². The minimum Gasteiger partial charge on any atom is -0.349 e. The molecule has 0 bridgehead atoms. The monoisotopic (exact) mass is 468 g/mol. The molecule has 2 aliphatic rings. The average Bonchev–Trinajstić information content (AvgIpc) is 3.39. The standard InChI is InChI=1S/C23H21ClF4N2O2/c24-17-9-15(10-18(25)11-17)21(32)29-20-12-22(20)5-7-30(8-6-22)13-19(31)14-1-3-16(4-2-14)23(26,27)28/h1-4,9-11,20H,5-8,12-13H2,(H,29,32)/t20-/m1/s1. The van der Waals surface area contributed by atoms with Gasteiger partial charge in [-0.25, -0.2) is 4.39 Å². The molecule has 1 atom stereocenters. The number of nitrogens with zero attached hydrogens (tertiary/aromatic N) is 1. The van der Waals surface area contributed by atoms with Crippen LogP contribution in [0.2, 0.25) is 5.02 Å². The number of nitrogens with one attached hydrogen (secondary N) is 1. The first kappa shape index (κ1) is 22.7. The molecule has 1 N–H and O–H groups in total. The van der Waals surface area contributed by atoms with Crippen LogP contribution >= 0.6 is 11.6 Å². The largest absolute Gasteiger partial charge is 0.416 e. The molecule has 1 spiro atoms. The van der Waals surface area contributed by atoms with Crippen molar-refractivity contribution in [3.8, 4) is 0 Å². The van der Waals surface area contributed by atoms with E-state index >= 15 is 0 Å². The fourth-order valence-electron chi connectivity index (χ4n) is 4.33. The molecule has 2 fully saturated rings. The van der Waals surface area contributed by atoms with Crippen molar-refractivity contribution in [1.29, 1.82) is 0 Å². The Morgan fingerprint density at radius 3 is 2.31 bits per heavy atom. The number of rotatable bonds is 5. The lowest BCUT2D eigenvalue weighted by Gasteiger charge is -2.32. The number of halogens is 5. The molecule has 1 saturated heterocycles. The number of carbonyl (C=O) groups is 2. The number of hydrogen-bond donors (Lipinski definition) is 1. The molecule has 32 heavy (non-hydrogen) atoms. The third kappa shape index (κ3) is 4.96. The minimum atomic E-state index is -4.43. The highest BCUT2D eigenvalue weighted by Crippen LogP contribution is 2.54. The van der Waals surface area contributed by atoms with Gasteiger partial charge in [0, 0.05) is 22.2 Å². The summed E-state index contributed by atoms with van der Waals surface area (Å²) in [5.74, 6) is -1.16. The van der Waals surface area contributed by atoms with Crippen LogP contribution in [0.3, 0.4) is 0 Å². The minimum absolute atomic E-state index is 0.00944. The Hall–Kier alpha value is -2.45. The zero-order valence-corrected chi connectivity index (χ0v) is 17.8. The Labute approximate surface area is 187 Å². The summed E-state index contributed by atoms with van der Waals surface area (Å²) in [5, 5.41) is 3.10. The molecule has 1 aliphatic heterocycles. The predicted octanol–water partition coefficient (Wildman–Crippen LogP) is 4.97.